The standard InChI is InChI=1S/C14H24N4/c1-4-18(3)13-7-5-12(6-8-13)17-14-9-11(2)15-10-16-14/h9-10,12-13H,4-8H2,1-3H3,(H,15,16,17)/t12-,13-. The first-order valence-electron chi connectivity index (χ1n) is 6.94. The van der Waals surface area contributed by atoms with Crippen molar-refractivity contribution in [3.05, 3.63) is 18.1 Å². The molecule has 0 bridgehead atoms. The van der Waals surface area contributed by atoms with E-state index in [0.717, 1.165) is 24.1 Å². The molecule has 0 radical (unpaired) electrons. The Morgan fingerprint density at radius 2 is 2.00 bits per heavy atom. The monoisotopic (exact) mass is 248 g/mol. The molecule has 100 valence electrons. The molecule has 1 aromatic rings. The quantitative estimate of drug-likeness (QED) is 0.888. The van der Waals surface area contributed by atoms with E-state index in [1.54, 1.807) is 6.33 Å². The molecule has 1 fully saturated rings. The molecule has 0 unspecified atom stereocenters. The van der Waals surface area contributed by atoms with Gasteiger partial charge in [0, 0.05) is 23.8 Å². The largest absolute Gasteiger partial charge is 0.367 e. The fourth-order valence-electron chi connectivity index (χ4n) is 2.66. The summed E-state index contributed by atoms with van der Waals surface area (Å²) in [4.78, 5) is 10.9. The van der Waals surface area contributed by atoms with Crippen molar-refractivity contribution in [2.45, 2.75) is 51.6 Å². The number of hydrogen-bond acceptors (Lipinski definition) is 4. The SMILES string of the molecule is CCN(C)[C@H]1CC[C@H](Nc2cc(C)ncn2)CC1. The summed E-state index contributed by atoms with van der Waals surface area (Å²) >= 11 is 0. The van der Waals surface area contributed by atoms with Gasteiger partial charge in [0.15, 0.2) is 0 Å². The highest BCUT2D eigenvalue weighted by Gasteiger charge is 2.23. The minimum Gasteiger partial charge on any atom is -0.367 e. The van der Waals surface area contributed by atoms with E-state index in [1.165, 1.54) is 25.7 Å². The molecule has 0 aromatic carbocycles. The van der Waals surface area contributed by atoms with Crippen molar-refractivity contribution < 1.29 is 0 Å². The van der Waals surface area contributed by atoms with Crippen molar-refractivity contribution in [1.29, 1.82) is 0 Å². The molecule has 4 heteroatoms. The highest BCUT2D eigenvalue weighted by molar-refractivity contribution is 5.35. The third-order valence-electron chi connectivity index (χ3n) is 3.97. The average molecular weight is 248 g/mol. The van der Waals surface area contributed by atoms with E-state index in [-0.39, 0.29) is 0 Å². The highest BCUT2D eigenvalue weighted by atomic mass is 15.1. The van der Waals surface area contributed by atoms with E-state index in [1.807, 2.05) is 13.0 Å². The van der Waals surface area contributed by atoms with Gasteiger partial charge in [-0.1, -0.05) is 6.92 Å². The summed E-state index contributed by atoms with van der Waals surface area (Å²) < 4.78 is 0. The first kappa shape index (κ1) is 13.3. The maximum atomic E-state index is 4.27. The van der Waals surface area contributed by atoms with Crippen molar-refractivity contribution in [2.24, 2.45) is 0 Å². The molecule has 18 heavy (non-hydrogen) atoms. The van der Waals surface area contributed by atoms with Crippen LogP contribution in [-0.2, 0) is 0 Å². The zero-order valence-electron chi connectivity index (χ0n) is 11.7. The van der Waals surface area contributed by atoms with E-state index in [0.29, 0.717) is 6.04 Å². The third kappa shape index (κ3) is 3.42. The molecule has 1 heterocycles. The van der Waals surface area contributed by atoms with Crippen LogP contribution in [0.4, 0.5) is 5.82 Å². The second kappa shape index (κ2) is 6.14. The van der Waals surface area contributed by atoms with E-state index in [9.17, 15) is 0 Å². The fourth-order valence-corrected chi connectivity index (χ4v) is 2.66. The van der Waals surface area contributed by atoms with Crippen molar-refractivity contribution in [3.63, 3.8) is 0 Å². The number of aromatic nitrogens is 2. The molecule has 1 saturated carbocycles. The molecule has 0 amide bonds. The third-order valence-corrected chi connectivity index (χ3v) is 3.97. The van der Waals surface area contributed by atoms with Crippen LogP contribution in [0.15, 0.2) is 12.4 Å². The van der Waals surface area contributed by atoms with Gasteiger partial charge in [-0.05, 0) is 46.2 Å². The number of nitrogens with zero attached hydrogens (tertiary/aromatic N) is 3. The second-order valence-corrected chi connectivity index (χ2v) is 5.27. The Balaban J connectivity index is 1.83. The smallest absolute Gasteiger partial charge is 0.129 e. The molecular weight excluding hydrogens is 224 g/mol. The van der Waals surface area contributed by atoms with Crippen molar-refractivity contribution >= 4 is 5.82 Å². The van der Waals surface area contributed by atoms with Gasteiger partial charge in [-0.2, -0.15) is 0 Å². The summed E-state index contributed by atoms with van der Waals surface area (Å²) in [7, 11) is 2.23. The first-order valence-corrected chi connectivity index (χ1v) is 6.94. The molecule has 4 nitrogen and oxygen atoms in total. The Morgan fingerprint density at radius 3 is 2.61 bits per heavy atom. The van der Waals surface area contributed by atoms with E-state index < -0.39 is 0 Å². The van der Waals surface area contributed by atoms with Crippen LogP contribution in [0.1, 0.15) is 38.3 Å². The first-order chi connectivity index (χ1) is 8.69. The molecule has 0 saturated heterocycles. The maximum absolute atomic E-state index is 4.27. The minimum atomic E-state index is 0.570. The van der Waals surface area contributed by atoms with E-state index in [4.69, 9.17) is 0 Å². The van der Waals surface area contributed by atoms with Crippen LogP contribution >= 0.6 is 0 Å². The summed E-state index contributed by atoms with van der Waals surface area (Å²) in [5.41, 5.74) is 1.02. The Bertz CT molecular complexity index is 372. The van der Waals surface area contributed by atoms with E-state index >= 15 is 0 Å². The Morgan fingerprint density at radius 1 is 1.28 bits per heavy atom. The zero-order valence-corrected chi connectivity index (χ0v) is 11.7. The number of hydrogen-bond donors (Lipinski definition) is 1. The molecule has 1 aromatic heterocycles. The molecule has 0 spiro atoms. The molecule has 0 atom stereocenters. The van der Waals surface area contributed by atoms with Crippen LogP contribution in [0.5, 0.6) is 0 Å². The van der Waals surface area contributed by atoms with Crippen LogP contribution in [0.2, 0.25) is 0 Å². The van der Waals surface area contributed by atoms with Crippen molar-refractivity contribution in [1.82, 2.24) is 14.9 Å². The summed E-state index contributed by atoms with van der Waals surface area (Å²) in [5.74, 6) is 0.967. The molecule has 1 aliphatic carbocycles. The van der Waals surface area contributed by atoms with Gasteiger partial charge in [-0.25, -0.2) is 9.97 Å². The van der Waals surface area contributed by atoms with Gasteiger partial charge in [-0.15, -0.1) is 0 Å². The second-order valence-electron chi connectivity index (χ2n) is 5.27. The van der Waals surface area contributed by atoms with Gasteiger partial charge in [0.05, 0.1) is 0 Å². The van der Waals surface area contributed by atoms with Gasteiger partial charge in [-0.3, -0.25) is 0 Å². The Hall–Kier alpha value is -1.16. The Labute approximate surface area is 110 Å². The Kier molecular flexibility index (Phi) is 4.53. The van der Waals surface area contributed by atoms with Gasteiger partial charge in [0.1, 0.15) is 12.1 Å². The summed E-state index contributed by atoms with van der Waals surface area (Å²) in [6.07, 6.45) is 6.67. The van der Waals surface area contributed by atoms with Crippen LogP contribution in [0.25, 0.3) is 0 Å². The summed E-state index contributed by atoms with van der Waals surface area (Å²) in [6.45, 7) is 5.38. The predicted molar refractivity (Wildman–Crippen MR) is 74.7 cm³/mol. The van der Waals surface area contributed by atoms with Gasteiger partial charge < -0.3 is 10.2 Å². The van der Waals surface area contributed by atoms with Crippen LogP contribution < -0.4 is 5.32 Å². The normalized spacial score (nSPS) is 24.2. The maximum Gasteiger partial charge on any atom is 0.129 e. The number of anilines is 1. The zero-order chi connectivity index (χ0) is 13.0. The summed E-state index contributed by atoms with van der Waals surface area (Å²) in [6, 6.07) is 3.35. The lowest BCUT2D eigenvalue weighted by Crippen LogP contribution is -2.38. The molecule has 1 N–H and O–H groups in total. The number of rotatable bonds is 4. The van der Waals surface area contributed by atoms with Crippen molar-refractivity contribution in [2.75, 3.05) is 18.9 Å². The molecule has 2 rings (SSSR count). The van der Waals surface area contributed by atoms with Crippen LogP contribution in [0.3, 0.4) is 0 Å². The predicted octanol–water partition coefficient (Wildman–Crippen LogP) is 2.46. The molecule has 1 aliphatic rings. The summed E-state index contributed by atoms with van der Waals surface area (Å²) in [5, 5.41) is 3.53. The van der Waals surface area contributed by atoms with Gasteiger partial charge in [0.2, 0.25) is 0 Å². The highest BCUT2D eigenvalue weighted by Crippen LogP contribution is 2.24. The molecule has 0 aliphatic heterocycles. The van der Waals surface area contributed by atoms with Crippen LogP contribution in [0, 0.1) is 6.92 Å². The lowest BCUT2D eigenvalue weighted by Gasteiger charge is -2.34. The lowest BCUT2D eigenvalue weighted by molar-refractivity contribution is 0.194. The van der Waals surface area contributed by atoms with Crippen molar-refractivity contribution in [3.8, 4) is 0 Å². The average Bonchev–Trinajstić information content (AvgIpc) is 2.39. The van der Waals surface area contributed by atoms with Gasteiger partial charge >= 0.3 is 0 Å². The van der Waals surface area contributed by atoms with Crippen LogP contribution in [-0.4, -0.2) is 40.5 Å². The van der Waals surface area contributed by atoms with Gasteiger partial charge in [0.25, 0.3) is 0 Å². The number of aryl methyl sites for hydroxylation is 1. The van der Waals surface area contributed by atoms with E-state index in [2.05, 4.69) is 34.2 Å². The minimum absolute atomic E-state index is 0.570. The molecular formula is C14H24N4. The number of nitrogens with one attached hydrogen (secondary N) is 1. The lowest BCUT2D eigenvalue weighted by atomic mass is 9.90. The fraction of sp³-hybridized carbons (Fsp3) is 0.714. The topological polar surface area (TPSA) is 41.0 Å².